The van der Waals surface area contributed by atoms with Crippen LogP contribution in [0.4, 0.5) is 0 Å². The fraction of sp³-hybridized carbons (Fsp3) is 0.118. The van der Waals surface area contributed by atoms with Gasteiger partial charge in [0.1, 0.15) is 0 Å². The zero-order chi connectivity index (χ0) is 16.7. The molecular weight excluding hydrogens is 294 g/mol. The molecule has 0 saturated heterocycles. The van der Waals surface area contributed by atoms with Crippen LogP contribution < -0.4 is 10.2 Å². The van der Waals surface area contributed by atoms with Gasteiger partial charge in [-0.1, -0.05) is 36.4 Å². The number of amides is 1. The van der Waals surface area contributed by atoms with Crippen molar-refractivity contribution in [1.82, 2.24) is 5.43 Å². The third-order valence-corrected chi connectivity index (χ3v) is 3.15. The number of hydrogen-bond donors (Lipinski definition) is 2. The summed E-state index contributed by atoms with van der Waals surface area (Å²) in [6.07, 6.45) is 1.29. The van der Waals surface area contributed by atoms with E-state index in [0.717, 1.165) is 0 Å². The Morgan fingerprint density at radius 3 is 2.70 bits per heavy atom. The minimum Gasteiger partial charge on any atom is -0.504 e. The van der Waals surface area contributed by atoms with Crippen LogP contribution >= 0.6 is 0 Å². The van der Waals surface area contributed by atoms with E-state index in [1.165, 1.54) is 13.3 Å². The lowest BCUT2D eigenvalue weighted by Gasteiger charge is -2.07. The molecule has 0 aromatic heterocycles. The summed E-state index contributed by atoms with van der Waals surface area (Å²) in [5, 5.41) is 22.8. The molecule has 23 heavy (non-hydrogen) atoms. The van der Waals surface area contributed by atoms with E-state index in [9.17, 15) is 9.90 Å². The van der Waals surface area contributed by atoms with Crippen molar-refractivity contribution in [2.45, 2.75) is 5.92 Å². The number of carbonyl (C=O) groups is 1. The molecule has 1 amide bonds. The number of phenols is 1. The van der Waals surface area contributed by atoms with Crippen LogP contribution in [-0.2, 0) is 4.79 Å². The van der Waals surface area contributed by atoms with E-state index in [4.69, 9.17) is 10.00 Å². The van der Waals surface area contributed by atoms with Crippen LogP contribution in [0.5, 0.6) is 11.5 Å². The third-order valence-electron chi connectivity index (χ3n) is 3.15. The van der Waals surface area contributed by atoms with Crippen molar-refractivity contribution < 1.29 is 14.6 Å². The number of hydrogen-bond acceptors (Lipinski definition) is 5. The molecule has 2 rings (SSSR count). The van der Waals surface area contributed by atoms with Crippen LogP contribution in [0.3, 0.4) is 0 Å². The summed E-state index contributed by atoms with van der Waals surface area (Å²) in [6.45, 7) is 0. The normalized spacial score (nSPS) is 11.7. The number of hydrazone groups is 1. The second kappa shape index (κ2) is 7.61. The summed E-state index contributed by atoms with van der Waals surface area (Å²) >= 11 is 0. The second-order valence-corrected chi connectivity index (χ2v) is 4.61. The topological polar surface area (TPSA) is 94.7 Å². The molecule has 0 aliphatic carbocycles. The fourth-order valence-corrected chi connectivity index (χ4v) is 1.97. The SMILES string of the molecule is COc1cccc(/C=N\NC(=O)[C@H](C#N)c2ccccc2)c1O. The van der Waals surface area contributed by atoms with Gasteiger partial charge < -0.3 is 9.84 Å². The highest BCUT2D eigenvalue weighted by Gasteiger charge is 2.19. The number of nitrogens with one attached hydrogen (secondary N) is 1. The highest BCUT2D eigenvalue weighted by atomic mass is 16.5. The molecular formula is C17H15N3O3. The van der Waals surface area contributed by atoms with E-state index in [1.807, 2.05) is 6.07 Å². The van der Waals surface area contributed by atoms with E-state index in [1.54, 1.807) is 48.5 Å². The van der Waals surface area contributed by atoms with Crippen LogP contribution in [0.15, 0.2) is 53.6 Å². The van der Waals surface area contributed by atoms with Gasteiger partial charge in [-0.2, -0.15) is 10.4 Å². The van der Waals surface area contributed by atoms with E-state index in [0.29, 0.717) is 16.9 Å². The van der Waals surface area contributed by atoms with Gasteiger partial charge in [-0.15, -0.1) is 0 Å². The highest BCUT2D eigenvalue weighted by Crippen LogP contribution is 2.27. The van der Waals surface area contributed by atoms with Crippen LogP contribution in [0.25, 0.3) is 0 Å². The Labute approximate surface area is 133 Å². The summed E-state index contributed by atoms with van der Waals surface area (Å²) < 4.78 is 4.98. The molecule has 0 aliphatic rings. The molecule has 116 valence electrons. The first-order valence-corrected chi connectivity index (χ1v) is 6.80. The van der Waals surface area contributed by atoms with Gasteiger partial charge in [0.25, 0.3) is 5.91 Å². The predicted molar refractivity (Wildman–Crippen MR) is 85.2 cm³/mol. The minimum atomic E-state index is -0.952. The van der Waals surface area contributed by atoms with Gasteiger partial charge in [0.2, 0.25) is 0 Å². The molecule has 6 nitrogen and oxygen atoms in total. The van der Waals surface area contributed by atoms with Gasteiger partial charge in [0, 0.05) is 5.56 Å². The van der Waals surface area contributed by atoms with Crippen LogP contribution in [0, 0.1) is 11.3 Å². The van der Waals surface area contributed by atoms with Gasteiger partial charge in [-0.05, 0) is 17.7 Å². The number of nitriles is 1. The van der Waals surface area contributed by atoms with E-state index in [2.05, 4.69) is 10.5 Å². The first-order chi connectivity index (χ1) is 11.2. The molecule has 2 N–H and O–H groups in total. The van der Waals surface area contributed by atoms with Gasteiger partial charge in [0.15, 0.2) is 17.4 Å². The lowest BCUT2D eigenvalue weighted by atomic mass is 10.0. The second-order valence-electron chi connectivity index (χ2n) is 4.61. The van der Waals surface area contributed by atoms with Crippen LogP contribution in [0.1, 0.15) is 17.0 Å². The van der Waals surface area contributed by atoms with E-state index < -0.39 is 11.8 Å². The molecule has 0 fully saturated rings. The summed E-state index contributed by atoms with van der Waals surface area (Å²) in [6, 6.07) is 15.6. The Hall–Kier alpha value is -3.33. The Kier molecular flexibility index (Phi) is 5.31. The quantitative estimate of drug-likeness (QED) is 0.653. The van der Waals surface area contributed by atoms with Gasteiger partial charge >= 0.3 is 0 Å². The van der Waals surface area contributed by atoms with Gasteiger partial charge in [-0.25, -0.2) is 5.43 Å². The molecule has 0 heterocycles. The average molecular weight is 309 g/mol. The number of ether oxygens (including phenoxy) is 1. The maximum atomic E-state index is 12.0. The van der Waals surface area contributed by atoms with Gasteiger partial charge in [0.05, 0.1) is 19.4 Å². The van der Waals surface area contributed by atoms with Crippen molar-refractivity contribution in [1.29, 1.82) is 5.26 Å². The Bertz CT molecular complexity index is 751. The summed E-state index contributed by atoms with van der Waals surface area (Å²) in [5.41, 5.74) is 3.28. The molecule has 6 heteroatoms. The number of para-hydroxylation sites is 1. The largest absolute Gasteiger partial charge is 0.504 e. The third kappa shape index (κ3) is 3.86. The lowest BCUT2D eigenvalue weighted by Crippen LogP contribution is -2.24. The van der Waals surface area contributed by atoms with E-state index in [-0.39, 0.29) is 5.75 Å². The Morgan fingerprint density at radius 2 is 2.04 bits per heavy atom. The zero-order valence-corrected chi connectivity index (χ0v) is 12.4. The van der Waals surface area contributed by atoms with Crippen molar-refractivity contribution in [2.75, 3.05) is 7.11 Å². The van der Waals surface area contributed by atoms with Crippen LogP contribution in [0.2, 0.25) is 0 Å². The number of rotatable bonds is 5. The predicted octanol–water partition coefficient (Wildman–Crippen LogP) is 2.16. The number of methoxy groups -OCH3 is 1. The first kappa shape index (κ1) is 16.0. The molecule has 0 saturated carbocycles. The average Bonchev–Trinajstić information content (AvgIpc) is 2.58. The van der Waals surface area contributed by atoms with Crippen molar-refractivity contribution in [3.05, 3.63) is 59.7 Å². The van der Waals surface area contributed by atoms with Crippen molar-refractivity contribution in [2.24, 2.45) is 5.10 Å². The molecule has 1 atom stereocenters. The first-order valence-electron chi connectivity index (χ1n) is 6.80. The number of phenolic OH excluding ortho intramolecular Hbond substituents is 1. The van der Waals surface area contributed by atoms with Crippen molar-refractivity contribution in [3.8, 4) is 17.6 Å². The fourth-order valence-electron chi connectivity index (χ4n) is 1.97. The van der Waals surface area contributed by atoms with Gasteiger partial charge in [-0.3, -0.25) is 4.79 Å². The Balaban J connectivity index is 2.08. The lowest BCUT2D eigenvalue weighted by molar-refractivity contribution is -0.121. The monoisotopic (exact) mass is 309 g/mol. The summed E-state index contributed by atoms with van der Waals surface area (Å²) in [7, 11) is 1.44. The van der Waals surface area contributed by atoms with E-state index >= 15 is 0 Å². The smallest absolute Gasteiger partial charge is 0.261 e. The molecule has 0 spiro atoms. The summed E-state index contributed by atoms with van der Waals surface area (Å²) in [4.78, 5) is 12.0. The maximum Gasteiger partial charge on any atom is 0.261 e. The van der Waals surface area contributed by atoms with Crippen molar-refractivity contribution in [3.63, 3.8) is 0 Å². The van der Waals surface area contributed by atoms with Crippen molar-refractivity contribution >= 4 is 12.1 Å². The standard InChI is InChI=1S/C17H15N3O3/c1-23-15-9-5-8-13(16(15)21)11-19-20-17(22)14(10-18)12-6-3-2-4-7-12/h2-9,11,14,21H,1H3,(H,20,22)/b19-11-/t14-/m1/s1. The van der Waals surface area contributed by atoms with Crippen LogP contribution in [-0.4, -0.2) is 24.3 Å². The number of carbonyl (C=O) groups excluding carboxylic acids is 1. The molecule has 0 unspecified atom stereocenters. The number of nitrogens with zero attached hydrogens (tertiary/aromatic N) is 2. The maximum absolute atomic E-state index is 12.0. The molecule has 0 radical (unpaired) electrons. The minimum absolute atomic E-state index is 0.0760. The number of benzene rings is 2. The molecule has 2 aromatic carbocycles. The molecule has 0 aliphatic heterocycles. The highest BCUT2D eigenvalue weighted by molar-refractivity contribution is 5.89. The molecule has 2 aromatic rings. The zero-order valence-electron chi connectivity index (χ0n) is 12.4. The Morgan fingerprint density at radius 1 is 1.30 bits per heavy atom. The number of aromatic hydroxyl groups is 1. The molecule has 0 bridgehead atoms. The summed E-state index contributed by atoms with van der Waals surface area (Å²) in [5.74, 6) is -1.27.